The molecule has 1 unspecified atom stereocenters. The molecule has 0 heterocycles. The van der Waals surface area contributed by atoms with Crippen molar-refractivity contribution in [1.82, 2.24) is 5.32 Å². The normalized spacial score (nSPS) is 12.5. The Morgan fingerprint density at radius 1 is 1.47 bits per heavy atom. The number of amides is 1. The SMILES string of the molecule is CC(C)NC(=O)CS(=O)c1cc(N)cc(F)c1. The minimum atomic E-state index is -1.58. The summed E-state index contributed by atoms with van der Waals surface area (Å²) in [6, 6.07) is 3.64. The molecule has 0 spiro atoms. The minimum Gasteiger partial charge on any atom is -0.399 e. The van der Waals surface area contributed by atoms with Crippen LogP contribution in [0.3, 0.4) is 0 Å². The van der Waals surface area contributed by atoms with E-state index in [2.05, 4.69) is 5.32 Å². The second kappa shape index (κ2) is 5.77. The third-order valence-electron chi connectivity index (χ3n) is 1.87. The van der Waals surface area contributed by atoms with Crippen molar-refractivity contribution in [2.75, 3.05) is 11.5 Å². The van der Waals surface area contributed by atoms with E-state index in [1.807, 2.05) is 0 Å². The lowest BCUT2D eigenvalue weighted by atomic mass is 10.3. The first-order valence-electron chi connectivity index (χ1n) is 5.12. The van der Waals surface area contributed by atoms with Gasteiger partial charge in [0.05, 0.1) is 10.8 Å². The van der Waals surface area contributed by atoms with Crippen LogP contribution in [0.1, 0.15) is 13.8 Å². The fourth-order valence-electron chi connectivity index (χ4n) is 1.28. The van der Waals surface area contributed by atoms with Crippen molar-refractivity contribution >= 4 is 22.4 Å². The molecule has 3 N–H and O–H groups in total. The average molecular weight is 258 g/mol. The van der Waals surface area contributed by atoms with Crippen LogP contribution in [0.5, 0.6) is 0 Å². The molecular weight excluding hydrogens is 243 g/mol. The number of nitrogens with one attached hydrogen (secondary N) is 1. The van der Waals surface area contributed by atoms with Crippen LogP contribution in [-0.2, 0) is 15.6 Å². The molecule has 0 radical (unpaired) electrons. The summed E-state index contributed by atoms with van der Waals surface area (Å²) in [5.74, 6) is -1.08. The van der Waals surface area contributed by atoms with Gasteiger partial charge in [0.2, 0.25) is 5.91 Å². The molecule has 1 rings (SSSR count). The van der Waals surface area contributed by atoms with Gasteiger partial charge in [-0.3, -0.25) is 9.00 Å². The van der Waals surface area contributed by atoms with Gasteiger partial charge in [-0.05, 0) is 32.0 Å². The van der Waals surface area contributed by atoms with Gasteiger partial charge >= 0.3 is 0 Å². The Morgan fingerprint density at radius 3 is 2.65 bits per heavy atom. The van der Waals surface area contributed by atoms with Crippen molar-refractivity contribution in [3.63, 3.8) is 0 Å². The van der Waals surface area contributed by atoms with Gasteiger partial charge in [0.25, 0.3) is 0 Å². The summed E-state index contributed by atoms with van der Waals surface area (Å²) in [6.07, 6.45) is 0. The van der Waals surface area contributed by atoms with E-state index in [-0.39, 0.29) is 28.3 Å². The van der Waals surface area contributed by atoms with Gasteiger partial charge < -0.3 is 11.1 Å². The summed E-state index contributed by atoms with van der Waals surface area (Å²) in [5, 5.41) is 2.62. The Balaban J connectivity index is 2.73. The molecule has 6 heteroatoms. The topological polar surface area (TPSA) is 72.2 Å². The zero-order chi connectivity index (χ0) is 13.0. The molecule has 0 bridgehead atoms. The maximum atomic E-state index is 13.0. The molecule has 0 aliphatic heterocycles. The van der Waals surface area contributed by atoms with E-state index in [0.29, 0.717) is 0 Å². The maximum absolute atomic E-state index is 13.0. The van der Waals surface area contributed by atoms with E-state index < -0.39 is 16.6 Å². The number of anilines is 1. The van der Waals surface area contributed by atoms with E-state index in [1.54, 1.807) is 13.8 Å². The van der Waals surface area contributed by atoms with Crippen LogP contribution < -0.4 is 11.1 Å². The van der Waals surface area contributed by atoms with Crippen molar-refractivity contribution < 1.29 is 13.4 Å². The molecule has 0 saturated heterocycles. The monoisotopic (exact) mass is 258 g/mol. The summed E-state index contributed by atoms with van der Waals surface area (Å²) in [5.41, 5.74) is 5.63. The van der Waals surface area contributed by atoms with Crippen LogP contribution >= 0.6 is 0 Å². The second-order valence-electron chi connectivity index (χ2n) is 3.93. The van der Waals surface area contributed by atoms with Crippen LogP contribution in [0.2, 0.25) is 0 Å². The van der Waals surface area contributed by atoms with Gasteiger partial charge in [-0.15, -0.1) is 0 Å². The molecule has 1 atom stereocenters. The van der Waals surface area contributed by atoms with Crippen molar-refractivity contribution in [3.8, 4) is 0 Å². The molecule has 4 nitrogen and oxygen atoms in total. The molecule has 0 saturated carbocycles. The van der Waals surface area contributed by atoms with Gasteiger partial charge in [0.15, 0.2) is 0 Å². The first kappa shape index (κ1) is 13.6. The summed E-state index contributed by atoms with van der Waals surface area (Å²) >= 11 is 0. The summed E-state index contributed by atoms with van der Waals surface area (Å²) < 4.78 is 24.8. The zero-order valence-corrected chi connectivity index (χ0v) is 10.5. The van der Waals surface area contributed by atoms with E-state index in [0.717, 1.165) is 12.1 Å². The molecule has 0 aliphatic rings. The summed E-state index contributed by atoms with van der Waals surface area (Å²) in [6.45, 7) is 3.61. The molecule has 0 aliphatic carbocycles. The molecule has 0 aromatic heterocycles. The van der Waals surface area contributed by atoms with Crippen LogP contribution in [0.25, 0.3) is 0 Å². The molecular formula is C11H15FN2O2S. The van der Waals surface area contributed by atoms with Crippen LogP contribution in [0, 0.1) is 5.82 Å². The highest BCUT2D eigenvalue weighted by Gasteiger charge is 2.12. The largest absolute Gasteiger partial charge is 0.399 e. The third-order valence-corrected chi connectivity index (χ3v) is 3.15. The molecule has 0 fully saturated rings. The highest BCUT2D eigenvalue weighted by atomic mass is 32.2. The van der Waals surface area contributed by atoms with E-state index in [9.17, 15) is 13.4 Å². The number of hydrogen-bond donors (Lipinski definition) is 2. The van der Waals surface area contributed by atoms with Crippen molar-refractivity contribution in [2.24, 2.45) is 0 Å². The highest BCUT2D eigenvalue weighted by molar-refractivity contribution is 7.85. The van der Waals surface area contributed by atoms with Gasteiger partial charge in [-0.25, -0.2) is 4.39 Å². The highest BCUT2D eigenvalue weighted by Crippen LogP contribution is 2.14. The Labute approximate surface area is 102 Å². The number of benzene rings is 1. The first-order valence-corrected chi connectivity index (χ1v) is 6.44. The number of nitrogens with two attached hydrogens (primary N) is 1. The number of nitrogen functional groups attached to an aromatic ring is 1. The fraction of sp³-hybridized carbons (Fsp3) is 0.364. The Bertz CT molecular complexity index is 429. The molecule has 1 aromatic carbocycles. The molecule has 1 amide bonds. The maximum Gasteiger partial charge on any atom is 0.233 e. The quantitative estimate of drug-likeness (QED) is 0.793. The van der Waals surface area contributed by atoms with Crippen molar-refractivity contribution in [2.45, 2.75) is 24.8 Å². The smallest absolute Gasteiger partial charge is 0.233 e. The number of halogens is 1. The Hall–Kier alpha value is -1.43. The number of carbonyl (C=O) groups is 1. The number of rotatable bonds is 4. The molecule has 17 heavy (non-hydrogen) atoms. The van der Waals surface area contributed by atoms with E-state index in [1.165, 1.54) is 6.07 Å². The van der Waals surface area contributed by atoms with Crippen LogP contribution in [-0.4, -0.2) is 21.9 Å². The van der Waals surface area contributed by atoms with E-state index in [4.69, 9.17) is 5.73 Å². The Kier molecular flexibility index (Phi) is 4.62. The lowest BCUT2D eigenvalue weighted by Crippen LogP contribution is -2.33. The zero-order valence-electron chi connectivity index (χ0n) is 9.70. The van der Waals surface area contributed by atoms with Crippen molar-refractivity contribution in [3.05, 3.63) is 24.0 Å². The first-order chi connectivity index (χ1) is 7.88. The predicted molar refractivity (Wildman–Crippen MR) is 65.4 cm³/mol. The number of carbonyl (C=O) groups excluding carboxylic acids is 1. The lowest BCUT2D eigenvalue weighted by molar-refractivity contribution is -0.119. The summed E-state index contributed by atoms with van der Waals surface area (Å²) in [4.78, 5) is 11.6. The number of hydrogen-bond acceptors (Lipinski definition) is 3. The standard InChI is InChI=1S/C11H15FN2O2S/c1-7(2)14-11(15)6-17(16)10-4-8(12)3-9(13)5-10/h3-5,7H,6,13H2,1-2H3,(H,14,15). The predicted octanol–water partition coefficient (Wildman–Crippen LogP) is 1.04. The second-order valence-corrected chi connectivity index (χ2v) is 5.38. The molecule has 94 valence electrons. The fourth-order valence-corrected chi connectivity index (χ4v) is 2.28. The average Bonchev–Trinajstić information content (AvgIpc) is 2.14. The van der Waals surface area contributed by atoms with Gasteiger partial charge in [0, 0.05) is 16.6 Å². The van der Waals surface area contributed by atoms with Gasteiger partial charge in [-0.1, -0.05) is 0 Å². The van der Waals surface area contributed by atoms with Crippen LogP contribution in [0.15, 0.2) is 23.1 Å². The lowest BCUT2D eigenvalue weighted by Gasteiger charge is -2.08. The minimum absolute atomic E-state index is 0.0166. The van der Waals surface area contributed by atoms with E-state index >= 15 is 0 Å². The Morgan fingerprint density at radius 2 is 2.12 bits per heavy atom. The van der Waals surface area contributed by atoms with Gasteiger partial charge in [-0.2, -0.15) is 0 Å². The summed E-state index contributed by atoms with van der Waals surface area (Å²) in [7, 11) is -1.58. The van der Waals surface area contributed by atoms with Crippen LogP contribution in [0.4, 0.5) is 10.1 Å². The van der Waals surface area contributed by atoms with Gasteiger partial charge in [0.1, 0.15) is 11.6 Å². The third kappa shape index (κ3) is 4.52. The van der Waals surface area contributed by atoms with Crippen molar-refractivity contribution in [1.29, 1.82) is 0 Å². The molecule has 1 aromatic rings.